The van der Waals surface area contributed by atoms with Gasteiger partial charge in [0.15, 0.2) is 6.73 Å². The van der Waals surface area contributed by atoms with Crippen LogP contribution in [0.5, 0.6) is 5.75 Å². The minimum absolute atomic E-state index is 0.202. The van der Waals surface area contributed by atoms with E-state index in [1.165, 1.54) is 0 Å². The summed E-state index contributed by atoms with van der Waals surface area (Å²) in [5.41, 5.74) is 4.76. The van der Waals surface area contributed by atoms with Crippen molar-refractivity contribution < 1.29 is 14.6 Å². The normalized spacial score (nSPS) is 13.8. The Balaban J connectivity index is 1.38. The van der Waals surface area contributed by atoms with Crippen LogP contribution in [0.15, 0.2) is 77.6 Å². The van der Waals surface area contributed by atoms with Gasteiger partial charge in [0.1, 0.15) is 11.3 Å². The molecule has 0 bridgehead atoms. The summed E-state index contributed by atoms with van der Waals surface area (Å²) in [5, 5.41) is 18.6. The predicted octanol–water partition coefficient (Wildman–Crippen LogP) is 4.35. The van der Waals surface area contributed by atoms with Gasteiger partial charge in [-0.15, -0.1) is 5.10 Å². The Morgan fingerprint density at radius 3 is 2.47 bits per heavy atom. The summed E-state index contributed by atoms with van der Waals surface area (Å²) in [6.07, 6.45) is 3.37. The van der Waals surface area contributed by atoms with E-state index in [1.54, 1.807) is 36.4 Å². The van der Waals surface area contributed by atoms with Crippen LogP contribution in [0.3, 0.4) is 0 Å². The molecule has 1 aliphatic carbocycles. The first-order valence-electron chi connectivity index (χ1n) is 11.5. The summed E-state index contributed by atoms with van der Waals surface area (Å²) < 4.78 is 6.63. The van der Waals surface area contributed by atoms with Gasteiger partial charge in [0.2, 0.25) is 0 Å². The summed E-state index contributed by atoms with van der Waals surface area (Å²) in [4.78, 5) is 31.0. The summed E-state index contributed by atoms with van der Waals surface area (Å²) in [6, 6.07) is 21.3. The lowest BCUT2D eigenvalue weighted by molar-refractivity contribution is 0.0337. The number of fused-ring (bicyclic) bond motifs is 3. The van der Waals surface area contributed by atoms with Crippen LogP contribution >= 0.6 is 0 Å². The van der Waals surface area contributed by atoms with Gasteiger partial charge in [0.05, 0.1) is 22.2 Å². The molecule has 0 aliphatic heterocycles. The number of rotatable bonds is 4. The van der Waals surface area contributed by atoms with Crippen molar-refractivity contribution in [1.29, 1.82) is 0 Å². The van der Waals surface area contributed by atoms with E-state index in [0.717, 1.165) is 33.5 Å². The molecule has 2 aromatic heterocycles. The van der Waals surface area contributed by atoms with Gasteiger partial charge in [-0.05, 0) is 65.9 Å². The lowest BCUT2D eigenvalue weighted by Crippen LogP contribution is -2.26. The average Bonchev–Trinajstić information content (AvgIpc) is 3.30. The minimum Gasteiger partial charge on any atom is -0.508 e. The molecule has 8 heteroatoms. The number of nitrogens with zero attached hydrogens (tertiary/aromatic N) is 4. The van der Waals surface area contributed by atoms with Crippen molar-refractivity contribution in [1.82, 2.24) is 20.0 Å². The Kier molecular flexibility index (Phi) is 5.26. The van der Waals surface area contributed by atoms with Crippen molar-refractivity contribution in [3.8, 4) is 5.75 Å². The number of para-hydroxylation sites is 1. The van der Waals surface area contributed by atoms with Crippen LogP contribution in [-0.4, -0.2) is 31.1 Å². The fraction of sp³-hybridized carbons (Fsp3) is 0.107. The molecule has 1 aliphatic rings. The first kappa shape index (κ1) is 21.7. The molecular formula is C28H20N4O4. The highest BCUT2D eigenvalue weighted by atomic mass is 16.5. The Morgan fingerprint density at radius 2 is 1.67 bits per heavy atom. The molecule has 36 heavy (non-hydrogen) atoms. The fourth-order valence-electron chi connectivity index (χ4n) is 4.58. The number of phenols is 1. The zero-order valence-electron chi connectivity index (χ0n) is 19.1. The molecule has 0 saturated heterocycles. The van der Waals surface area contributed by atoms with E-state index in [1.807, 2.05) is 42.5 Å². The Labute approximate surface area is 205 Å². The lowest BCUT2D eigenvalue weighted by atomic mass is 10.0. The number of allylic oxidation sites excluding steroid dienone is 1. The van der Waals surface area contributed by atoms with Crippen LogP contribution in [0.2, 0.25) is 0 Å². The van der Waals surface area contributed by atoms with Gasteiger partial charge in [0.25, 0.3) is 5.56 Å². The Bertz CT molecular complexity index is 1740. The Hall–Kier alpha value is -4.85. The van der Waals surface area contributed by atoms with Crippen LogP contribution in [0.4, 0.5) is 0 Å². The van der Waals surface area contributed by atoms with Crippen molar-refractivity contribution in [3.63, 3.8) is 0 Å². The molecule has 1 N–H and O–H groups in total. The highest BCUT2D eigenvalue weighted by molar-refractivity contribution is 6.07. The van der Waals surface area contributed by atoms with E-state index in [2.05, 4.69) is 10.3 Å². The van der Waals surface area contributed by atoms with Gasteiger partial charge in [-0.25, -0.2) is 9.78 Å². The number of carbonyl (C=O) groups is 1. The van der Waals surface area contributed by atoms with Crippen LogP contribution in [0.1, 0.15) is 33.6 Å². The van der Waals surface area contributed by atoms with Crippen LogP contribution in [0.25, 0.3) is 33.5 Å². The number of hydrogen-bond acceptors (Lipinski definition) is 7. The van der Waals surface area contributed by atoms with E-state index in [9.17, 15) is 14.7 Å². The largest absolute Gasteiger partial charge is 0.508 e. The van der Waals surface area contributed by atoms with E-state index < -0.39 is 5.97 Å². The van der Waals surface area contributed by atoms with E-state index in [-0.39, 0.29) is 18.0 Å². The molecular weight excluding hydrogens is 456 g/mol. The standard InChI is InChI=1S/C28H20N4O4/c33-19-12-9-17(10-13-19)15-18-11-14-22-25(20-5-1-3-7-23(20)29-26(18)22)28(35)36-16-32-27(34)21-6-2-4-8-24(21)30-31-32/h1-10,12-13,15,33H,11,14,16H2/b18-15+. The number of pyridine rings is 1. The number of esters is 1. The molecule has 0 spiro atoms. The summed E-state index contributed by atoms with van der Waals surface area (Å²) >= 11 is 0. The second kappa shape index (κ2) is 8.74. The maximum atomic E-state index is 13.4. The average molecular weight is 476 g/mol. The topological polar surface area (TPSA) is 107 Å². The third kappa shape index (κ3) is 3.78. The number of aromatic nitrogens is 4. The van der Waals surface area contributed by atoms with Gasteiger partial charge < -0.3 is 9.84 Å². The molecule has 0 saturated carbocycles. The van der Waals surface area contributed by atoms with Crippen LogP contribution in [-0.2, 0) is 17.9 Å². The lowest BCUT2D eigenvalue weighted by Gasteiger charge is -2.13. The van der Waals surface area contributed by atoms with Crippen molar-refractivity contribution in [2.75, 3.05) is 0 Å². The molecule has 5 aromatic rings. The number of aromatic hydroxyl groups is 1. The highest BCUT2D eigenvalue weighted by Gasteiger charge is 2.27. The van der Waals surface area contributed by atoms with Crippen LogP contribution in [0, 0.1) is 0 Å². The zero-order valence-corrected chi connectivity index (χ0v) is 19.1. The third-order valence-corrected chi connectivity index (χ3v) is 6.33. The quantitative estimate of drug-likeness (QED) is 0.384. The summed E-state index contributed by atoms with van der Waals surface area (Å²) in [7, 11) is 0. The highest BCUT2D eigenvalue weighted by Crippen LogP contribution is 2.38. The van der Waals surface area contributed by atoms with Gasteiger partial charge in [0, 0.05) is 5.39 Å². The van der Waals surface area contributed by atoms with Crippen molar-refractivity contribution in [2.45, 2.75) is 19.6 Å². The second-order valence-corrected chi connectivity index (χ2v) is 8.56. The third-order valence-electron chi connectivity index (χ3n) is 6.33. The molecule has 2 heterocycles. The van der Waals surface area contributed by atoms with E-state index in [0.29, 0.717) is 33.8 Å². The first-order valence-corrected chi connectivity index (χ1v) is 11.5. The van der Waals surface area contributed by atoms with Crippen LogP contribution < -0.4 is 5.56 Å². The number of benzene rings is 3. The van der Waals surface area contributed by atoms with Crippen molar-refractivity contribution in [3.05, 3.63) is 106 Å². The summed E-state index contributed by atoms with van der Waals surface area (Å²) in [6.45, 7) is -0.350. The van der Waals surface area contributed by atoms with Gasteiger partial charge >= 0.3 is 5.97 Å². The SMILES string of the molecule is O=C(OCn1nnc2ccccc2c1=O)c1c2c(nc3ccccc13)/C(=C/c1ccc(O)cc1)CC2. The molecule has 0 radical (unpaired) electrons. The Morgan fingerprint density at radius 1 is 0.944 bits per heavy atom. The number of ether oxygens (including phenoxy) is 1. The van der Waals surface area contributed by atoms with Gasteiger partial charge in [-0.2, -0.15) is 4.68 Å². The predicted molar refractivity (Wildman–Crippen MR) is 135 cm³/mol. The van der Waals surface area contributed by atoms with E-state index >= 15 is 0 Å². The van der Waals surface area contributed by atoms with E-state index in [4.69, 9.17) is 9.72 Å². The minimum atomic E-state index is -0.544. The fourth-order valence-corrected chi connectivity index (χ4v) is 4.58. The smallest absolute Gasteiger partial charge is 0.340 e. The molecule has 0 amide bonds. The number of phenolic OH excluding ortho intramolecular Hbond substituents is 1. The van der Waals surface area contributed by atoms with Crippen molar-refractivity contribution >= 4 is 39.4 Å². The molecule has 0 unspecified atom stereocenters. The van der Waals surface area contributed by atoms with Crippen molar-refractivity contribution in [2.24, 2.45) is 0 Å². The monoisotopic (exact) mass is 476 g/mol. The van der Waals surface area contributed by atoms with Gasteiger partial charge in [-0.1, -0.05) is 47.7 Å². The summed E-state index contributed by atoms with van der Waals surface area (Å²) in [5.74, 6) is -0.342. The number of carbonyl (C=O) groups excluding carboxylic acids is 1. The molecule has 0 fully saturated rings. The molecule has 6 rings (SSSR count). The molecule has 0 atom stereocenters. The number of hydrogen-bond donors (Lipinski definition) is 1. The molecule has 176 valence electrons. The zero-order chi connectivity index (χ0) is 24.6. The maximum Gasteiger partial charge on any atom is 0.340 e. The van der Waals surface area contributed by atoms with Gasteiger partial charge in [-0.3, -0.25) is 4.79 Å². The maximum absolute atomic E-state index is 13.4. The molecule has 8 nitrogen and oxygen atoms in total. The first-order chi connectivity index (χ1) is 17.6. The molecule has 3 aromatic carbocycles. The second-order valence-electron chi connectivity index (χ2n) is 8.56.